The number of fused-ring (bicyclic) bond motifs is 1. The van der Waals surface area contributed by atoms with Gasteiger partial charge in [-0.25, -0.2) is 0 Å². The summed E-state index contributed by atoms with van der Waals surface area (Å²) >= 11 is 0. The van der Waals surface area contributed by atoms with E-state index in [0.717, 1.165) is 32.1 Å². The van der Waals surface area contributed by atoms with Crippen LogP contribution in [0.4, 0.5) is 5.69 Å². The van der Waals surface area contributed by atoms with Crippen molar-refractivity contribution in [3.05, 3.63) is 67.0 Å². The van der Waals surface area contributed by atoms with Gasteiger partial charge in [-0.15, -0.1) is 0 Å². The summed E-state index contributed by atoms with van der Waals surface area (Å²) in [6.07, 6.45) is 8.96. The lowest BCUT2D eigenvalue weighted by Gasteiger charge is -2.25. The van der Waals surface area contributed by atoms with Crippen LogP contribution in [-0.2, 0) is 0 Å². The largest absolute Gasteiger partial charge is 0.411 e. The Hall–Kier alpha value is -3.69. The second-order valence-corrected chi connectivity index (χ2v) is 7.13. The predicted octanol–water partition coefficient (Wildman–Crippen LogP) is 2.70. The Labute approximate surface area is 163 Å². The molecule has 0 amide bonds. The number of nitro benzene ring substituents is 1. The molecule has 1 aliphatic carbocycles. The third-order valence-corrected chi connectivity index (χ3v) is 5.35. The SMILES string of the molecule is O=c1[nH]c2cc([N+](=O)[O-])c(-n3ccc(/C=N\O)c3)cc2n(C2CCCCC2)c1=O. The fourth-order valence-electron chi connectivity index (χ4n) is 4.02. The fourth-order valence-corrected chi connectivity index (χ4v) is 4.02. The van der Waals surface area contributed by atoms with E-state index in [9.17, 15) is 19.7 Å². The Kier molecular flexibility index (Phi) is 4.75. The summed E-state index contributed by atoms with van der Waals surface area (Å²) < 4.78 is 3.01. The zero-order valence-corrected chi connectivity index (χ0v) is 15.4. The molecule has 2 heterocycles. The first-order valence-corrected chi connectivity index (χ1v) is 9.32. The van der Waals surface area contributed by atoms with E-state index in [2.05, 4.69) is 10.1 Å². The number of benzene rings is 1. The summed E-state index contributed by atoms with van der Waals surface area (Å²) in [4.78, 5) is 38.5. The van der Waals surface area contributed by atoms with Gasteiger partial charge in [-0.05, 0) is 25.0 Å². The Morgan fingerprint density at radius 3 is 2.69 bits per heavy atom. The lowest BCUT2D eigenvalue weighted by atomic mass is 9.95. The summed E-state index contributed by atoms with van der Waals surface area (Å²) in [5.41, 5.74) is -0.153. The first kappa shape index (κ1) is 18.7. The van der Waals surface area contributed by atoms with Gasteiger partial charge >= 0.3 is 11.1 Å². The third-order valence-electron chi connectivity index (χ3n) is 5.35. The Morgan fingerprint density at radius 2 is 2.00 bits per heavy atom. The average Bonchev–Trinajstić information content (AvgIpc) is 3.17. The van der Waals surface area contributed by atoms with Crippen molar-refractivity contribution in [2.45, 2.75) is 38.1 Å². The molecule has 29 heavy (non-hydrogen) atoms. The van der Waals surface area contributed by atoms with Gasteiger partial charge in [0.15, 0.2) is 0 Å². The number of nitrogens with zero attached hydrogens (tertiary/aromatic N) is 4. The second-order valence-electron chi connectivity index (χ2n) is 7.13. The lowest BCUT2D eigenvalue weighted by Crippen LogP contribution is -2.39. The van der Waals surface area contributed by atoms with Crippen LogP contribution in [0.1, 0.15) is 43.7 Å². The minimum Gasteiger partial charge on any atom is -0.411 e. The van der Waals surface area contributed by atoms with Crippen LogP contribution < -0.4 is 11.1 Å². The monoisotopic (exact) mass is 397 g/mol. The van der Waals surface area contributed by atoms with Crippen LogP contribution in [0.3, 0.4) is 0 Å². The number of aromatic amines is 1. The van der Waals surface area contributed by atoms with Crippen molar-refractivity contribution in [1.29, 1.82) is 0 Å². The molecule has 1 aliphatic rings. The second kappa shape index (κ2) is 7.38. The van der Waals surface area contributed by atoms with Crippen molar-refractivity contribution in [2.75, 3.05) is 0 Å². The van der Waals surface area contributed by atoms with Crippen LogP contribution in [0, 0.1) is 10.1 Å². The summed E-state index contributed by atoms with van der Waals surface area (Å²) in [5.74, 6) is 0. The van der Waals surface area contributed by atoms with Gasteiger partial charge in [-0.3, -0.25) is 24.3 Å². The number of nitrogens with one attached hydrogen (secondary N) is 1. The molecule has 0 spiro atoms. The zero-order valence-electron chi connectivity index (χ0n) is 15.4. The molecule has 0 unspecified atom stereocenters. The third kappa shape index (κ3) is 3.33. The number of hydrogen-bond acceptors (Lipinski definition) is 6. The molecule has 3 aromatic rings. The number of aromatic nitrogens is 3. The van der Waals surface area contributed by atoms with Gasteiger partial charge in [0.25, 0.3) is 5.69 Å². The van der Waals surface area contributed by atoms with E-state index in [1.807, 2.05) is 0 Å². The summed E-state index contributed by atoms with van der Waals surface area (Å²) in [5, 5.41) is 23.3. The van der Waals surface area contributed by atoms with Crippen molar-refractivity contribution in [3.8, 4) is 5.69 Å². The van der Waals surface area contributed by atoms with Crippen LogP contribution >= 0.6 is 0 Å². The lowest BCUT2D eigenvalue weighted by molar-refractivity contribution is -0.384. The highest BCUT2D eigenvalue weighted by molar-refractivity contribution is 5.83. The Bertz CT molecular complexity index is 1230. The number of oxime groups is 1. The topological polar surface area (TPSA) is 136 Å². The molecule has 10 heteroatoms. The fraction of sp³-hybridized carbons (Fsp3) is 0.316. The minimum atomic E-state index is -0.785. The number of H-pyrrole nitrogens is 1. The molecule has 2 aromatic heterocycles. The van der Waals surface area contributed by atoms with Gasteiger partial charge in [0.2, 0.25) is 0 Å². The molecule has 0 radical (unpaired) electrons. The molecule has 0 aliphatic heterocycles. The maximum absolute atomic E-state index is 12.7. The molecule has 0 atom stereocenters. The van der Waals surface area contributed by atoms with Crippen molar-refractivity contribution in [3.63, 3.8) is 0 Å². The number of nitro groups is 1. The molecule has 4 rings (SSSR count). The van der Waals surface area contributed by atoms with Gasteiger partial charge in [-0.2, -0.15) is 0 Å². The molecule has 1 fully saturated rings. The Morgan fingerprint density at radius 1 is 1.24 bits per heavy atom. The minimum absolute atomic E-state index is 0.114. The van der Waals surface area contributed by atoms with E-state index in [4.69, 9.17) is 5.21 Å². The van der Waals surface area contributed by atoms with E-state index >= 15 is 0 Å². The number of rotatable bonds is 4. The molecular weight excluding hydrogens is 378 g/mol. The average molecular weight is 397 g/mol. The zero-order chi connectivity index (χ0) is 20.5. The molecule has 0 bridgehead atoms. The molecule has 2 N–H and O–H groups in total. The standard InChI is InChI=1S/C19H19N5O5/c25-18-19(26)23(13-4-2-1-3-5-13)15-9-16(17(24(28)29)8-14(15)21-18)22-7-6-12(11-22)10-20-27/h6-11,13,27H,1-5H2,(H,21,25)/b20-10-. The van der Waals surface area contributed by atoms with Gasteiger partial charge in [0, 0.05) is 30.1 Å². The molecule has 0 saturated heterocycles. The molecular formula is C19H19N5O5. The summed E-state index contributed by atoms with van der Waals surface area (Å²) in [6.45, 7) is 0. The van der Waals surface area contributed by atoms with Crippen molar-refractivity contribution in [2.24, 2.45) is 5.16 Å². The van der Waals surface area contributed by atoms with Gasteiger partial charge < -0.3 is 14.8 Å². The van der Waals surface area contributed by atoms with Crippen LogP contribution in [0.15, 0.2) is 45.3 Å². The van der Waals surface area contributed by atoms with Gasteiger partial charge in [-0.1, -0.05) is 24.4 Å². The van der Waals surface area contributed by atoms with Crippen LogP contribution in [-0.4, -0.2) is 30.5 Å². The van der Waals surface area contributed by atoms with Gasteiger partial charge in [0.05, 0.1) is 22.2 Å². The van der Waals surface area contributed by atoms with E-state index in [1.54, 1.807) is 24.5 Å². The predicted molar refractivity (Wildman–Crippen MR) is 106 cm³/mol. The maximum atomic E-state index is 12.7. The first-order chi connectivity index (χ1) is 14.0. The van der Waals surface area contributed by atoms with Crippen LogP contribution in [0.2, 0.25) is 0 Å². The molecule has 150 valence electrons. The van der Waals surface area contributed by atoms with E-state index < -0.39 is 16.0 Å². The van der Waals surface area contributed by atoms with E-state index in [1.165, 1.54) is 21.4 Å². The van der Waals surface area contributed by atoms with E-state index in [0.29, 0.717) is 11.1 Å². The van der Waals surface area contributed by atoms with Crippen LogP contribution in [0.5, 0.6) is 0 Å². The quantitative estimate of drug-likeness (QED) is 0.229. The highest BCUT2D eigenvalue weighted by atomic mass is 16.6. The molecule has 1 aromatic carbocycles. The smallest absolute Gasteiger partial charge is 0.316 e. The normalized spacial score (nSPS) is 15.3. The summed E-state index contributed by atoms with van der Waals surface area (Å²) in [6, 6.07) is 4.36. The highest BCUT2D eigenvalue weighted by Gasteiger charge is 2.24. The van der Waals surface area contributed by atoms with Crippen LogP contribution in [0.25, 0.3) is 16.7 Å². The molecule has 10 nitrogen and oxygen atoms in total. The Balaban J connectivity index is 2.01. The maximum Gasteiger partial charge on any atom is 0.316 e. The molecule has 1 saturated carbocycles. The summed E-state index contributed by atoms with van der Waals surface area (Å²) in [7, 11) is 0. The van der Waals surface area contributed by atoms with E-state index in [-0.39, 0.29) is 22.9 Å². The van der Waals surface area contributed by atoms with Crippen molar-refractivity contribution >= 4 is 22.9 Å². The van der Waals surface area contributed by atoms with Gasteiger partial charge in [0.1, 0.15) is 5.69 Å². The van der Waals surface area contributed by atoms with Crippen molar-refractivity contribution in [1.82, 2.24) is 14.1 Å². The van der Waals surface area contributed by atoms with Crippen molar-refractivity contribution < 1.29 is 10.1 Å². The first-order valence-electron chi connectivity index (χ1n) is 9.32. The number of hydrogen-bond donors (Lipinski definition) is 2. The highest BCUT2D eigenvalue weighted by Crippen LogP contribution is 2.32.